The van der Waals surface area contributed by atoms with Crippen molar-refractivity contribution in [1.82, 2.24) is 4.90 Å². The minimum atomic E-state index is -4.44. The minimum Gasteiger partial charge on any atom is -0.461 e. The molecule has 34 heavy (non-hydrogen) atoms. The third kappa shape index (κ3) is 6.08. The molecule has 178 valence electrons. The predicted molar refractivity (Wildman–Crippen MR) is 127 cm³/mol. The van der Waals surface area contributed by atoms with Crippen LogP contribution in [-0.2, 0) is 10.9 Å². The Bertz CT molecular complexity index is 1100. The smallest absolute Gasteiger partial charge is 0.416 e. The first-order chi connectivity index (χ1) is 16.4. The quantitative estimate of drug-likeness (QED) is 0.468. The molecule has 1 aliphatic rings. The van der Waals surface area contributed by atoms with Crippen molar-refractivity contribution < 1.29 is 22.7 Å². The zero-order chi connectivity index (χ0) is 24.0. The fourth-order valence-corrected chi connectivity index (χ4v) is 3.91. The molecule has 0 unspecified atom stereocenters. The van der Waals surface area contributed by atoms with Gasteiger partial charge in [-0.25, -0.2) is 4.79 Å². The summed E-state index contributed by atoms with van der Waals surface area (Å²) in [5, 5.41) is 2.91. The van der Waals surface area contributed by atoms with Crippen molar-refractivity contribution in [3.8, 4) is 0 Å². The highest BCUT2D eigenvalue weighted by molar-refractivity contribution is 5.96. The van der Waals surface area contributed by atoms with E-state index in [1.165, 1.54) is 17.8 Å². The molecule has 8 heteroatoms. The maximum Gasteiger partial charge on any atom is 0.416 e. The van der Waals surface area contributed by atoms with E-state index in [9.17, 15) is 18.0 Å². The number of hydrogen-bond donors (Lipinski definition) is 1. The van der Waals surface area contributed by atoms with E-state index in [1.54, 1.807) is 24.3 Å². The molecule has 3 aromatic rings. The van der Waals surface area contributed by atoms with Crippen LogP contribution in [0.3, 0.4) is 0 Å². The molecule has 1 N–H and O–H groups in total. The highest BCUT2D eigenvalue weighted by atomic mass is 19.4. The van der Waals surface area contributed by atoms with Gasteiger partial charge in [0.05, 0.1) is 16.8 Å². The van der Waals surface area contributed by atoms with Crippen LogP contribution in [0.2, 0.25) is 0 Å². The molecule has 0 aromatic heterocycles. The molecule has 0 atom stereocenters. The minimum absolute atomic E-state index is 0.238. The van der Waals surface area contributed by atoms with Crippen LogP contribution < -0.4 is 10.2 Å². The summed E-state index contributed by atoms with van der Waals surface area (Å²) >= 11 is 0. The number of ether oxygens (including phenoxy) is 1. The summed E-state index contributed by atoms with van der Waals surface area (Å²) in [6, 6.07) is 21.7. The fourth-order valence-electron chi connectivity index (χ4n) is 3.91. The van der Waals surface area contributed by atoms with Gasteiger partial charge in [-0.3, -0.25) is 4.90 Å². The maximum absolute atomic E-state index is 13.0. The molecule has 0 radical (unpaired) electrons. The van der Waals surface area contributed by atoms with E-state index in [4.69, 9.17) is 4.74 Å². The number of hydrogen-bond acceptors (Lipinski definition) is 5. The van der Waals surface area contributed by atoms with Crippen molar-refractivity contribution >= 4 is 23.0 Å². The van der Waals surface area contributed by atoms with Crippen LogP contribution in [0.15, 0.2) is 78.9 Å². The second-order valence-electron chi connectivity index (χ2n) is 8.05. The number of piperazine rings is 1. The average Bonchev–Trinajstić information content (AvgIpc) is 2.85. The number of carbonyl (C=O) groups is 1. The molecule has 0 saturated carbocycles. The Kier molecular flexibility index (Phi) is 7.37. The zero-order valence-electron chi connectivity index (χ0n) is 18.6. The third-order valence-electron chi connectivity index (χ3n) is 5.75. The molecule has 1 fully saturated rings. The van der Waals surface area contributed by atoms with Crippen LogP contribution >= 0.6 is 0 Å². The Balaban J connectivity index is 1.30. The Labute approximate surface area is 196 Å². The Hall–Kier alpha value is -3.52. The molecule has 3 aromatic carbocycles. The van der Waals surface area contributed by atoms with E-state index in [0.717, 1.165) is 38.3 Å². The van der Waals surface area contributed by atoms with Crippen LogP contribution in [-0.4, -0.2) is 50.2 Å². The van der Waals surface area contributed by atoms with Crippen molar-refractivity contribution in [3.05, 3.63) is 90.0 Å². The number of anilines is 3. The zero-order valence-corrected chi connectivity index (χ0v) is 18.6. The summed E-state index contributed by atoms with van der Waals surface area (Å²) in [7, 11) is 0. The third-order valence-corrected chi connectivity index (χ3v) is 5.75. The lowest BCUT2D eigenvalue weighted by Gasteiger charge is -2.35. The number of nitrogens with one attached hydrogen (secondary N) is 1. The summed E-state index contributed by atoms with van der Waals surface area (Å²) in [6.07, 6.45) is -4.44. The van der Waals surface area contributed by atoms with Gasteiger partial charge in [-0.1, -0.05) is 36.4 Å². The van der Waals surface area contributed by atoms with Crippen molar-refractivity contribution in [1.29, 1.82) is 0 Å². The number of carbonyl (C=O) groups excluding carboxylic acids is 1. The molecule has 0 aliphatic carbocycles. The van der Waals surface area contributed by atoms with Crippen molar-refractivity contribution in [2.75, 3.05) is 49.5 Å². The van der Waals surface area contributed by atoms with Crippen molar-refractivity contribution in [2.45, 2.75) is 6.18 Å². The highest BCUT2D eigenvalue weighted by Gasteiger charge is 2.30. The van der Waals surface area contributed by atoms with E-state index < -0.39 is 17.7 Å². The molecule has 0 amide bonds. The largest absolute Gasteiger partial charge is 0.461 e. The number of alkyl halides is 3. The molecular weight excluding hydrogens is 443 g/mol. The molecule has 0 spiro atoms. The first-order valence-electron chi connectivity index (χ1n) is 11.1. The van der Waals surface area contributed by atoms with Gasteiger partial charge in [0.2, 0.25) is 0 Å². The summed E-state index contributed by atoms with van der Waals surface area (Å²) < 4.78 is 44.5. The van der Waals surface area contributed by atoms with Crippen LogP contribution in [0.25, 0.3) is 0 Å². The van der Waals surface area contributed by atoms with Gasteiger partial charge in [0.25, 0.3) is 0 Å². The van der Waals surface area contributed by atoms with Gasteiger partial charge >= 0.3 is 12.1 Å². The maximum atomic E-state index is 13.0. The summed E-state index contributed by atoms with van der Waals surface area (Å²) in [5.74, 6) is -0.516. The number of esters is 1. The Morgan fingerprint density at radius 2 is 1.59 bits per heavy atom. The van der Waals surface area contributed by atoms with E-state index in [-0.39, 0.29) is 17.9 Å². The number of benzene rings is 3. The average molecular weight is 470 g/mol. The molecule has 1 heterocycles. The predicted octanol–water partition coefficient (Wildman–Crippen LogP) is 5.43. The first-order valence-corrected chi connectivity index (χ1v) is 11.1. The van der Waals surface area contributed by atoms with E-state index in [1.807, 2.05) is 18.2 Å². The lowest BCUT2D eigenvalue weighted by Crippen LogP contribution is -2.47. The summed E-state index contributed by atoms with van der Waals surface area (Å²) in [6.45, 7) is 4.42. The van der Waals surface area contributed by atoms with Gasteiger partial charge < -0.3 is 15.0 Å². The van der Waals surface area contributed by atoms with E-state index in [2.05, 4.69) is 27.2 Å². The van der Waals surface area contributed by atoms with Crippen LogP contribution in [0, 0.1) is 0 Å². The Morgan fingerprint density at radius 1 is 0.882 bits per heavy atom. The molecular formula is C26H26F3N3O2. The fraction of sp³-hybridized carbons (Fsp3) is 0.269. The van der Waals surface area contributed by atoms with Gasteiger partial charge in [0, 0.05) is 44.1 Å². The SMILES string of the molecule is O=C(OCCN1CCN(c2ccccc2)CC1)c1ccccc1Nc1cccc(C(F)(F)F)c1. The number of rotatable bonds is 7. The number of para-hydroxylation sites is 2. The molecule has 1 aliphatic heterocycles. The monoisotopic (exact) mass is 469 g/mol. The summed E-state index contributed by atoms with van der Waals surface area (Å²) in [4.78, 5) is 17.3. The lowest BCUT2D eigenvalue weighted by molar-refractivity contribution is -0.137. The van der Waals surface area contributed by atoms with Gasteiger partial charge in [-0.05, 0) is 42.5 Å². The highest BCUT2D eigenvalue weighted by Crippen LogP contribution is 2.32. The van der Waals surface area contributed by atoms with Gasteiger partial charge in [-0.2, -0.15) is 13.2 Å². The van der Waals surface area contributed by atoms with Crippen LogP contribution in [0.1, 0.15) is 15.9 Å². The van der Waals surface area contributed by atoms with Crippen LogP contribution in [0.5, 0.6) is 0 Å². The molecule has 4 rings (SSSR count). The summed E-state index contributed by atoms with van der Waals surface area (Å²) in [5.41, 5.74) is 1.35. The Morgan fingerprint density at radius 3 is 2.32 bits per heavy atom. The normalized spacial score (nSPS) is 14.6. The van der Waals surface area contributed by atoms with Gasteiger partial charge in [0.15, 0.2) is 0 Å². The standard InChI is InChI=1S/C26H26F3N3O2/c27-26(28,29)20-7-6-8-21(19-20)30-24-12-5-4-11-23(24)25(33)34-18-17-31-13-15-32(16-14-31)22-9-2-1-3-10-22/h1-12,19,30H,13-18H2. The molecule has 1 saturated heterocycles. The van der Waals surface area contributed by atoms with Crippen molar-refractivity contribution in [2.24, 2.45) is 0 Å². The second-order valence-corrected chi connectivity index (χ2v) is 8.05. The van der Waals surface area contributed by atoms with E-state index >= 15 is 0 Å². The van der Waals surface area contributed by atoms with E-state index in [0.29, 0.717) is 12.2 Å². The first kappa shape index (κ1) is 23.6. The van der Waals surface area contributed by atoms with Gasteiger partial charge in [0.1, 0.15) is 6.61 Å². The number of halogens is 3. The topological polar surface area (TPSA) is 44.8 Å². The second kappa shape index (κ2) is 10.6. The van der Waals surface area contributed by atoms with Crippen molar-refractivity contribution in [3.63, 3.8) is 0 Å². The lowest BCUT2D eigenvalue weighted by atomic mass is 10.1. The van der Waals surface area contributed by atoms with Gasteiger partial charge in [-0.15, -0.1) is 0 Å². The van der Waals surface area contributed by atoms with Crippen LogP contribution in [0.4, 0.5) is 30.2 Å². The number of nitrogens with zero attached hydrogens (tertiary/aromatic N) is 2. The molecule has 0 bridgehead atoms. The molecule has 5 nitrogen and oxygen atoms in total.